The van der Waals surface area contributed by atoms with Gasteiger partial charge in [-0.05, 0) is 61.7 Å². The van der Waals surface area contributed by atoms with E-state index < -0.39 is 11.8 Å². The molecule has 0 unspecified atom stereocenters. The van der Waals surface area contributed by atoms with Gasteiger partial charge in [0.05, 0.1) is 7.11 Å². The van der Waals surface area contributed by atoms with Crippen LogP contribution in [0.15, 0.2) is 81.8 Å². The second-order valence-electron chi connectivity index (χ2n) is 8.37. The summed E-state index contributed by atoms with van der Waals surface area (Å²) in [4.78, 5) is 38.8. The van der Waals surface area contributed by atoms with Crippen molar-refractivity contribution >= 4 is 23.7 Å². The molecule has 36 heavy (non-hydrogen) atoms. The Morgan fingerprint density at radius 3 is 2.33 bits per heavy atom. The van der Waals surface area contributed by atoms with Crippen LogP contribution in [0.1, 0.15) is 35.5 Å². The Kier molecular flexibility index (Phi) is 6.98. The van der Waals surface area contributed by atoms with Gasteiger partial charge in [-0.1, -0.05) is 36.4 Å². The molecule has 1 aromatic heterocycles. The first-order chi connectivity index (χ1) is 17.3. The summed E-state index contributed by atoms with van der Waals surface area (Å²) in [7, 11) is 1.58. The van der Waals surface area contributed by atoms with Gasteiger partial charge in [0, 0.05) is 23.2 Å². The number of hydrogen-bond acceptors (Lipinski definition) is 6. The van der Waals surface area contributed by atoms with E-state index in [1.807, 2.05) is 30.3 Å². The number of amides is 2. The van der Waals surface area contributed by atoms with Gasteiger partial charge in [-0.2, -0.15) is 5.26 Å². The van der Waals surface area contributed by atoms with Gasteiger partial charge in [0.1, 0.15) is 28.9 Å². The van der Waals surface area contributed by atoms with Gasteiger partial charge in [-0.15, -0.1) is 0 Å². The predicted octanol–water partition coefficient (Wildman–Crippen LogP) is 4.99. The molecule has 4 rings (SSSR count). The van der Waals surface area contributed by atoms with E-state index in [4.69, 9.17) is 9.15 Å². The van der Waals surface area contributed by atoms with Gasteiger partial charge in [0.25, 0.3) is 11.8 Å². The van der Waals surface area contributed by atoms with Crippen molar-refractivity contribution in [3.63, 3.8) is 0 Å². The lowest BCUT2D eigenvalue weighted by Gasteiger charge is -2.27. The van der Waals surface area contributed by atoms with Crippen molar-refractivity contribution in [1.29, 1.82) is 5.26 Å². The van der Waals surface area contributed by atoms with Crippen molar-refractivity contribution in [1.82, 2.24) is 4.90 Å². The highest BCUT2D eigenvalue weighted by molar-refractivity contribution is 6.19. The Bertz CT molecular complexity index is 1430. The SMILES string of the molecule is COc1ccc(CCN2C(=O)C(C#N)=C(C)/C(=C\c3ccc(-c4ccc(C(C)=O)cc4)o3)C2=O)cc1. The van der Waals surface area contributed by atoms with Gasteiger partial charge in [-0.3, -0.25) is 19.3 Å². The lowest BCUT2D eigenvalue weighted by molar-refractivity contribution is -0.140. The molecule has 1 aliphatic rings. The molecule has 7 heteroatoms. The predicted molar refractivity (Wildman–Crippen MR) is 134 cm³/mol. The largest absolute Gasteiger partial charge is 0.497 e. The number of nitrogens with zero attached hydrogens (tertiary/aromatic N) is 2. The van der Waals surface area contributed by atoms with Crippen molar-refractivity contribution in [3.8, 4) is 23.1 Å². The summed E-state index contributed by atoms with van der Waals surface area (Å²) in [5, 5.41) is 9.62. The standard InChI is InChI=1S/C29H24N2O5/c1-18-25(16-24-12-13-27(36-24)22-8-6-21(7-9-22)19(2)32)28(33)31(29(34)26(18)17-30)15-14-20-4-10-23(35-3)11-5-20/h4-13,16H,14-15H2,1-3H3/b25-16+. The van der Waals surface area contributed by atoms with Crippen LogP contribution in [0.5, 0.6) is 5.75 Å². The van der Waals surface area contributed by atoms with Gasteiger partial charge in [0.15, 0.2) is 5.78 Å². The lowest BCUT2D eigenvalue weighted by atomic mass is 9.94. The average molecular weight is 481 g/mol. The fourth-order valence-electron chi connectivity index (χ4n) is 3.96. The molecular formula is C29H24N2O5. The number of Topliss-reactive ketones (excluding diaryl/α,β-unsaturated/α-hetero) is 1. The third kappa shape index (κ3) is 4.89. The number of carbonyl (C=O) groups excluding carboxylic acids is 3. The number of methoxy groups -OCH3 is 1. The van der Waals surface area contributed by atoms with Crippen LogP contribution in [0.4, 0.5) is 0 Å². The van der Waals surface area contributed by atoms with Crippen molar-refractivity contribution in [2.75, 3.05) is 13.7 Å². The number of carbonyl (C=O) groups is 3. The molecule has 0 bridgehead atoms. The summed E-state index contributed by atoms with van der Waals surface area (Å²) in [5.74, 6) is 0.584. The minimum Gasteiger partial charge on any atom is -0.497 e. The molecule has 2 heterocycles. The Morgan fingerprint density at radius 1 is 1.03 bits per heavy atom. The van der Waals surface area contributed by atoms with E-state index >= 15 is 0 Å². The summed E-state index contributed by atoms with van der Waals surface area (Å²) in [6.45, 7) is 3.22. The van der Waals surface area contributed by atoms with E-state index in [1.165, 1.54) is 6.92 Å². The minimum absolute atomic E-state index is 0.0242. The van der Waals surface area contributed by atoms with Gasteiger partial charge >= 0.3 is 0 Å². The van der Waals surface area contributed by atoms with Crippen molar-refractivity contribution in [3.05, 3.63) is 94.3 Å². The van der Waals surface area contributed by atoms with Gasteiger partial charge in [-0.25, -0.2) is 0 Å². The Hall–Kier alpha value is -4.70. The maximum absolute atomic E-state index is 13.3. The first-order valence-electron chi connectivity index (χ1n) is 11.4. The molecule has 2 aromatic carbocycles. The molecule has 0 saturated carbocycles. The molecule has 0 atom stereocenters. The average Bonchev–Trinajstić information content (AvgIpc) is 3.36. The zero-order chi connectivity index (χ0) is 25.8. The van der Waals surface area contributed by atoms with Crippen LogP contribution in [0.3, 0.4) is 0 Å². The van der Waals surface area contributed by atoms with Crippen molar-refractivity contribution < 1.29 is 23.5 Å². The fraction of sp³-hybridized carbons (Fsp3) is 0.172. The zero-order valence-electron chi connectivity index (χ0n) is 20.2. The number of ketones is 1. The molecule has 0 aliphatic carbocycles. The summed E-state index contributed by atoms with van der Waals surface area (Å²) in [6, 6.07) is 19.8. The van der Waals surface area contributed by atoms with Crippen LogP contribution in [0.25, 0.3) is 17.4 Å². The molecule has 0 fully saturated rings. The number of rotatable bonds is 7. The molecule has 0 N–H and O–H groups in total. The van der Waals surface area contributed by atoms with Crippen LogP contribution in [-0.4, -0.2) is 36.2 Å². The second-order valence-corrected chi connectivity index (χ2v) is 8.37. The molecule has 3 aromatic rings. The van der Waals surface area contributed by atoms with E-state index in [0.29, 0.717) is 34.8 Å². The molecule has 0 spiro atoms. The third-order valence-electron chi connectivity index (χ3n) is 6.10. The first-order valence-corrected chi connectivity index (χ1v) is 11.4. The quantitative estimate of drug-likeness (QED) is 0.268. The van der Waals surface area contributed by atoms with Crippen LogP contribution in [0, 0.1) is 11.3 Å². The van der Waals surface area contributed by atoms with Crippen LogP contribution in [0.2, 0.25) is 0 Å². The number of ether oxygens (including phenoxy) is 1. The summed E-state index contributed by atoms with van der Waals surface area (Å²) in [6.07, 6.45) is 1.99. The van der Waals surface area contributed by atoms with E-state index in [1.54, 1.807) is 56.5 Å². The molecule has 7 nitrogen and oxygen atoms in total. The molecule has 0 saturated heterocycles. The van der Waals surface area contributed by atoms with Gasteiger partial charge < -0.3 is 9.15 Å². The normalized spacial score (nSPS) is 14.8. The maximum Gasteiger partial charge on any atom is 0.271 e. The topological polar surface area (TPSA) is 101 Å². The number of nitriles is 1. The Labute approximate surface area is 208 Å². The highest BCUT2D eigenvalue weighted by Gasteiger charge is 2.35. The number of benzene rings is 2. The van der Waals surface area contributed by atoms with Crippen molar-refractivity contribution in [2.24, 2.45) is 0 Å². The van der Waals surface area contributed by atoms with E-state index in [9.17, 15) is 19.6 Å². The van der Waals surface area contributed by atoms with Crippen LogP contribution >= 0.6 is 0 Å². The summed E-state index contributed by atoms with van der Waals surface area (Å²) < 4.78 is 11.1. The van der Waals surface area contributed by atoms with E-state index in [2.05, 4.69) is 0 Å². The zero-order valence-corrected chi connectivity index (χ0v) is 20.2. The molecule has 2 amide bonds. The highest BCUT2D eigenvalue weighted by Crippen LogP contribution is 2.29. The van der Waals surface area contributed by atoms with E-state index in [0.717, 1.165) is 16.0 Å². The molecule has 180 valence electrons. The van der Waals surface area contributed by atoms with Gasteiger partial charge in [0.2, 0.25) is 0 Å². The summed E-state index contributed by atoms with van der Waals surface area (Å²) >= 11 is 0. The second kappa shape index (κ2) is 10.3. The monoisotopic (exact) mass is 480 g/mol. The van der Waals surface area contributed by atoms with Crippen LogP contribution < -0.4 is 4.74 Å². The summed E-state index contributed by atoms with van der Waals surface area (Å²) in [5.41, 5.74) is 2.79. The number of furan rings is 1. The smallest absolute Gasteiger partial charge is 0.271 e. The number of imide groups is 1. The molecular weight excluding hydrogens is 456 g/mol. The minimum atomic E-state index is -0.601. The molecule has 0 radical (unpaired) electrons. The highest BCUT2D eigenvalue weighted by atomic mass is 16.5. The fourth-order valence-corrected chi connectivity index (χ4v) is 3.96. The Balaban J connectivity index is 1.60. The third-order valence-corrected chi connectivity index (χ3v) is 6.10. The van der Waals surface area contributed by atoms with Crippen molar-refractivity contribution in [2.45, 2.75) is 20.3 Å². The van der Waals surface area contributed by atoms with E-state index in [-0.39, 0.29) is 23.5 Å². The van der Waals surface area contributed by atoms with Crippen LogP contribution in [-0.2, 0) is 16.0 Å². The first kappa shape index (κ1) is 24.4. The maximum atomic E-state index is 13.3. The number of hydrogen-bond donors (Lipinski definition) is 0. The lowest BCUT2D eigenvalue weighted by Crippen LogP contribution is -2.43. The molecule has 1 aliphatic heterocycles. The Morgan fingerprint density at radius 2 is 1.72 bits per heavy atom.